The smallest absolute Gasteiger partial charge is 0.337 e. The van der Waals surface area contributed by atoms with E-state index < -0.39 is 5.97 Å². The average Bonchev–Trinajstić information content (AvgIpc) is 2.89. The van der Waals surface area contributed by atoms with Gasteiger partial charge in [0.1, 0.15) is 0 Å². The molecule has 0 radical (unpaired) electrons. The summed E-state index contributed by atoms with van der Waals surface area (Å²) in [6.07, 6.45) is 4.66. The number of carboxylic acid groups (broad SMARTS) is 1. The van der Waals surface area contributed by atoms with Gasteiger partial charge in [0.05, 0.1) is 17.1 Å². The number of aromatic carboxylic acids is 1. The van der Waals surface area contributed by atoms with Crippen molar-refractivity contribution in [2.24, 2.45) is 0 Å². The number of hydrogen-bond acceptors (Lipinski definition) is 3. The zero-order valence-electron chi connectivity index (χ0n) is 11.0. The average molecular weight is 297 g/mol. The molecule has 1 fully saturated rings. The number of carbonyl (C=O) groups is 2. The second-order valence-corrected chi connectivity index (χ2v) is 5.32. The van der Waals surface area contributed by atoms with Crippen molar-refractivity contribution in [3.8, 4) is 0 Å². The standard InChI is InChI=1S/C14H17ClN2O3/c15-12-7-10(5-6-11(12)14(19)20)17-13(18)8-16-9-3-1-2-4-9/h5-7,9,16H,1-4,8H2,(H,17,18)(H,19,20). The van der Waals surface area contributed by atoms with Gasteiger partial charge in [0, 0.05) is 11.7 Å². The maximum atomic E-state index is 11.8. The molecule has 1 amide bonds. The molecule has 108 valence electrons. The van der Waals surface area contributed by atoms with Crippen molar-refractivity contribution < 1.29 is 14.7 Å². The summed E-state index contributed by atoms with van der Waals surface area (Å²) >= 11 is 5.84. The van der Waals surface area contributed by atoms with E-state index in [0.717, 1.165) is 12.8 Å². The molecule has 0 aromatic heterocycles. The summed E-state index contributed by atoms with van der Waals surface area (Å²) in [5, 5.41) is 14.9. The SMILES string of the molecule is O=C(CNC1CCCC1)Nc1ccc(C(=O)O)c(Cl)c1. The van der Waals surface area contributed by atoms with Crippen LogP contribution in [0.4, 0.5) is 5.69 Å². The number of benzene rings is 1. The number of nitrogens with one attached hydrogen (secondary N) is 2. The monoisotopic (exact) mass is 296 g/mol. The molecule has 2 rings (SSSR count). The Morgan fingerprint density at radius 3 is 2.60 bits per heavy atom. The zero-order chi connectivity index (χ0) is 14.5. The molecular formula is C14H17ClN2O3. The number of carbonyl (C=O) groups excluding carboxylic acids is 1. The van der Waals surface area contributed by atoms with Gasteiger partial charge in [-0.1, -0.05) is 24.4 Å². The van der Waals surface area contributed by atoms with Gasteiger partial charge < -0.3 is 15.7 Å². The summed E-state index contributed by atoms with van der Waals surface area (Å²) in [7, 11) is 0. The number of amides is 1. The number of carboxylic acids is 1. The summed E-state index contributed by atoms with van der Waals surface area (Å²) in [5.41, 5.74) is 0.520. The lowest BCUT2D eigenvalue weighted by molar-refractivity contribution is -0.115. The van der Waals surface area contributed by atoms with Gasteiger partial charge in [-0.25, -0.2) is 4.79 Å². The first-order chi connectivity index (χ1) is 9.56. The van der Waals surface area contributed by atoms with Crippen molar-refractivity contribution in [3.05, 3.63) is 28.8 Å². The van der Waals surface area contributed by atoms with E-state index in [9.17, 15) is 9.59 Å². The van der Waals surface area contributed by atoms with E-state index in [0.29, 0.717) is 11.7 Å². The van der Waals surface area contributed by atoms with E-state index in [1.807, 2.05) is 0 Å². The number of rotatable bonds is 5. The Morgan fingerprint density at radius 2 is 2.00 bits per heavy atom. The lowest BCUT2D eigenvalue weighted by atomic mass is 10.2. The molecule has 0 atom stereocenters. The van der Waals surface area contributed by atoms with Crippen LogP contribution in [0, 0.1) is 0 Å². The second kappa shape index (κ2) is 6.72. The Hall–Kier alpha value is -1.59. The Labute approximate surface area is 122 Å². The van der Waals surface area contributed by atoms with E-state index in [2.05, 4.69) is 10.6 Å². The second-order valence-electron chi connectivity index (χ2n) is 4.91. The summed E-state index contributed by atoms with van der Waals surface area (Å²) in [5.74, 6) is -1.24. The highest BCUT2D eigenvalue weighted by molar-refractivity contribution is 6.33. The van der Waals surface area contributed by atoms with Crippen LogP contribution in [-0.4, -0.2) is 29.6 Å². The summed E-state index contributed by atoms with van der Waals surface area (Å²) in [6.45, 7) is 0.253. The largest absolute Gasteiger partial charge is 0.478 e. The molecule has 0 unspecified atom stereocenters. The van der Waals surface area contributed by atoms with Gasteiger partial charge in [-0.05, 0) is 31.0 Å². The Morgan fingerprint density at radius 1 is 1.30 bits per heavy atom. The molecule has 5 nitrogen and oxygen atoms in total. The van der Waals surface area contributed by atoms with Crippen LogP contribution in [0.3, 0.4) is 0 Å². The fourth-order valence-electron chi connectivity index (χ4n) is 2.34. The van der Waals surface area contributed by atoms with E-state index in [4.69, 9.17) is 16.7 Å². The van der Waals surface area contributed by atoms with Crippen molar-refractivity contribution in [2.75, 3.05) is 11.9 Å². The van der Waals surface area contributed by atoms with Crippen LogP contribution in [0.2, 0.25) is 5.02 Å². The van der Waals surface area contributed by atoms with E-state index >= 15 is 0 Å². The predicted molar refractivity (Wildman–Crippen MR) is 77.3 cm³/mol. The zero-order valence-corrected chi connectivity index (χ0v) is 11.7. The minimum atomic E-state index is -1.09. The first-order valence-corrected chi connectivity index (χ1v) is 7.00. The van der Waals surface area contributed by atoms with E-state index in [1.54, 1.807) is 0 Å². The van der Waals surface area contributed by atoms with Crippen LogP contribution in [-0.2, 0) is 4.79 Å². The topological polar surface area (TPSA) is 78.4 Å². The van der Waals surface area contributed by atoms with Gasteiger partial charge >= 0.3 is 5.97 Å². The van der Waals surface area contributed by atoms with Crippen molar-refractivity contribution in [2.45, 2.75) is 31.7 Å². The van der Waals surface area contributed by atoms with E-state index in [-0.39, 0.29) is 23.0 Å². The Bertz CT molecular complexity index is 513. The quantitative estimate of drug-likeness (QED) is 0.780. The minimum absolute atomic E-state index is 0.0220. The van der Waals surface area contributed by atoms with Crippen molar-refractivity contribution in [1.29, 1.82) is 0 Å². The highest BCUT2D eigenvalue weighted by atomic mass is 35.5. The molecule has 20 heavy (non-hydrogen) atoms. The summed E-state index contributed by atoms with van der Waals surface area (Å²) in [6, 6.07) is 4.78. The van der Waals surface area contributed by atoms with Crippen molar-refractivity contribution >= 4 is 29.2 Å². The van der Waals surface area contributed by atoms with Crippen LogP contribution in [0.5, 0.6) is 0 Å². The molecule has 0 heterocycles. The van der Waals surface area contributed by atoms with Crippen molar-refractivity contribution in [3.63, 3.8) is 0 Å². The molecule has 1 aromatic rings. The highest BCUT2D eigenvalue weighted by Gasteiger charge is 2.15. The van der Waals surface area contributed by atoms with E-state index in [1.165, 1.54) is 31.0 Å². The first kappa shape index (κ1) is 14.8. The third-order valence-electron chi connectivity index (χ3n) is 3.39. The molecule has 0 saturated heterocycles. The normalized spacial score (nSPS) is 15.2. The third kappa shape index (κ3) is 3.95. The van der Waals surface area contributed by atoms with Gasteiger partial charge in [0.2, 0.25) is 5.91 Å². The van der Waals surface area contributed by atoms with Crippen LogP contribution in [0.25, 0.3) is 0 Å². The van der Waals surface area contributed by atoms with Gasteiger partial charge in [-0.3, -0.25) is 4.79 Å². The Balaban J connectivity index is 1.87. The van der Waals surface area contributed by atoms with Crippen LogP contribution < -0.4 is 10.6 Å². The molecule has 1 saturated carbocycles. The minimum Gasteiger partial charge on any atom is -0.478 e. The van der Waals surface area contributed by atoms with Crippen LogP contribution in [0.1, 0.15) is 36.0 Å². The van der Waals surface area contributed by atoms with Crippen LogP contribution in [0.15, 0.2) is 18.2 Å². The molecule has 6 heteroatoms. The van der Waals surface area contributed by atoms with Gasteiger partial charge in [0.25, 0.3) is 0 Å². The van der Waals surface area contributed by atoms with Crippen molar-refractivity contribution in [1.82, 2.24) is 5.32 Å². The molecule has 1 aliphatic carbocycles. The predicted octanol–water partition coefficient (Wildman–Crippen LogP) is 2.51. The molecule has 0 spiro atoms. The number of hydrogen-bond donors (Lipinski definition) is 3. The molecule has 0 aliphatic heterocycles. The molecular weight excluding hydrogens is 280 g/mol. The van der Waals surface area contributed by atoms with Gasteiger partial charge in [-0.15, -0.1) is 0 Å². The first-order valence-electron chi connectivity index (χ1n) is 6.62. The summed E-state index contributed by atoms with van der Waals surface area (Å²) in [4.78, 5) is 22.6. The lowest BCUT2D eigenvalue weighted by Crippen LogP contribution is -2.34. The fraction of sp³-hybridized carbons (Fsp3) is 0.429. The molecule has 1 aliphatic rings. The maximum Gasteiger partial charge on any atom is 0.337 e. The van der Waals surface area contributed by atoms with Crippen LogP contribution >= 0.6 is 11.6 Å². The summed E-state index contributed by atoms with van der Waals surface area (Å²) < 4.78 is 0. The molecule has 3 N–H and O–H groups in total. The Kier molecular flexibility index (Phi) is 4.98. The highest BCUT2D eigenvalue weighted by Crippen LogP contribution is 2.21. The third-order valence-corrected chi connectivity index (χ3v) is 3.70. The number of halogens is 1. The molecule has 1 aromatic carbocycles. The maximum absolute atomic E-state index is 11.8. The number of anilines is 1. The molecule has 0 bridgehead atoms. The lowest BCUT2D eigenvalue weighted by Gasteiger charge is -2.12. The van der Waals surface area contributed by atoms with Gasteiger partial charge in [-0.2, -0.15) is 0 Å². The fourth-order valence-corrected chi connectivity index (χ4v) is 2.60. The van der Waals surface area contributed by atoms with Gasteiger partial charge in [0.15, 0.2) is 0 Å².